The molecule has 0 saturated heterocycles. The zero-order valence-corrected chi connectivity index (χ0v) is 8.90. The van der Waals surface area contributed by atoms with Crippen molar-refractivity contribution in [2.45, 2.75) is 38.2 Å². The summed E-state index contributed by atoms with van der Waals surface area (Å²) in [5, 5.41) is 10.5. The molecule has 0 spiro atoms. The van der Waals surface area contributed by atoms with E-state index in [2.05, 4.69) is 11.9 Å². The Balaban J connectivity index is 2.27. The van der Waals surface area contributed by atoms with Crippen LogP contribution in [-0.4, -0.2) is 14.7 Å². The highest BCUT2D eigenvalue weighted by Gasteiger charge is 2.37. The van der Waals surface area contributed by atoms with E-state index in [4.69, 9.17) is 0 Å². The summed E-state index contributed by atoms with van der Waals surface area (Å²) in [5.74, 6) is 1.43. The van der Waals surface area contributed by atoms with Gasteiger partial charge in [0, 0.05) is 19.4 Å². The first-order valence-corrected chi connectivity index (χ1v) is 5.32. The van der Waals surface area contributed by atoms with E-state index < -0.39 is 5.60 Å². The molecule has 1 aromatic heterocycles. The summed E-state index contributed by atoms with van der Waals surface area (Å²) in [6.07, 6.45) is 7.68. The van der Waals surface area contributed by atoms with Crippen LogP contribution in [0.25, 0.3) is 0 Å². The summed E-state index contributed by atoms with van der Waals surface area (Å²) in [6.45, 7) is 2.20. The lowest BCUT2D eigenvalue weighted by molar-refractivity contribution is -0.0277. The lowest BCUT2D eigenvalue weighted by atomic mass is 9.78. The fourth-order valence-corrected chi connectivity index (χ4v) is 2.54. The molecule has 3 nitrogen and oxygen atoms in total. The highest BCUT2D eigenvalue weighted by molar-refractivity contribution is 5.06. The van der Waals surface area contributed by atoms with Crippen molar-refractivity contribution < 1.29 is 5.11 Å². The number of hydrogen-bond donors (Lipinski definition) is 1. The van der Waals surface area contributed by atoms with E-state index in [1.54, 1.807) is 6.20 Å². The molecule has 2 atom stereocenters. The summed E-state index contributed by atoms with van der Waals surface area (Å²) < 4.78 is 1.93. The molecule has 0 radical (unpaired) electrons. The van der Waals surface area contributed by atoms with Gasteiger partial charge in [-0.15, -0.1) is 0 Å². The number of nitrogens with zero attached hydrogens (tertiary/aromatic N) is 2. The van der Waals surface area contributed by atoms with Gasteiger partial charge in [0.2, 0.25) is 0 Å². The van der Waals surface area contributed by atoms with Gasteiger partial charge in [-0.25, -0.2) is 4.98 Å². The van der Waals surface area contributed by atoms with Gasteiger partial charge < -0.3 is 9.67 Å². The maximum atomic E-state index is 10.5. The van der Waals surface area contributed by atoms with Crippen LogP contribution in [0.15, 0.2) is 12.4 Å². The van der Waals surface area contributed by atoms with Crippen molar-refractivity contribution in [2.75, 3.05) is 0 Å². The van der Waals surface area contributed by atoms with Gasteiger partial charge in [0.15, 0.2) is 0 Å². The largest absolute Gasteiger partial charge is 0.382 e. The third-order valence-corrected chi connectivity index (χ3v) is 3.21. The van der Waals surface area contributed by atoms with Crippen LogP contribution in [0.3, 0.4) is 0 Å². The van der Waals surface area contributed by atoms with E-state index in [0.29, 0.717) is 5.92 Å². The second-order valence-electron chi connectivity index (χ2n) is 4.59. The van der Waals surface area contributed by atoms with Crippen LogP contribution in [0.5, 0.6) is 0 Å². The molecule has 2 rings (SSSR count). The average molecular weight is 194 g/mol. The Hall–Kier alpha value is -0.830. The molecule has 14 heavy (non-hydrogen) atoms. The summed E-state index contributed by atoms with van der Waals surface area (Å²) >= 11 is 0. The van der Waals surface area contributed by atoms with E-state index in [9.17, 15) is 5.11 Å². The van der Waals surface area contributed by atoms with Crippen molar-refractivity contribution >= 4 is 0 Å². The van der Waals surface area contributed by atoms with Crippen LogP contribution in [0.1, 0.15) is 38.4 Å². The standard InChI is InChI=1S/C11H18N2O/c1-9-4-3-5-11(14,8-9)10-12-6-7-13(10)2/h6-7,9,14H,3-5,8H2,1-2H3. The highest BCUT2D eigenvalue weighted by atomic mass is 16.3. The SMILES string of the molecule is CC1CCCC(O)(c2nccn2C)C1. The van der Waals surface area contributed by atoms with Crippen molar-refractivity contribution in [3.8, 4) is 0 Å². The summed E-state index contributed by atoms with van der Waals surface area (Å²) in [4.78, 5) is 4.26. The van der Waals surface area contributed by atoms with Gasteiger partial charge in [-0.1, -0.05) is 13.3 Å². The minimum atomic E-state index is -0.685. The molecule has 0 amide bonds. The van der Waals surface area contributed by atoms with E-state index >= 15 is 0 Å². The molecule has 78 valence electrons. The quantitative estimate of drug-likeness (QED) is 0.740. The lowest BCUT2D eigenvalue weighted by Crippen LogP contribution is -2.34. The molecular formula is C11H18N2O. The van der Waals surface area contributed by atoms with Crippen LogP contribution in [0.2, 0.25) is 0 Å². The maximum Gasteiger partial charge on any atom is 0.140 e. The smallest absolute Gasteiger partial charge is 0.140 e. The van der Waals surface area contributed by atoms with Crippen molar-refractivity contribution in [2.24, 2.45) is 13.0 Å². The summed E-state index contributed by atoms with van der Waals surface area (Å²) in [6, 6.07) is 0. The minimum absolute atomic E-state index is 0.602. The predicted octanol–water partition coefficient (Wildman–Crippen LogP) is 1.82. The molecule has 1 N–H and O–H groups in total. The molecule has 1 fully saturated rings. The van der Waals surface area contributed by atoms with Crippen LogP contribution in [0.4, 0.5) is 0 Å². The molecule has 3 heteroatoms. The van der Waals surface area contributed by atoms with Gasteiger partial charge in [0.05, 0.1) is 0 Å². The van der Waals surface area contributed by atoms with E-state index in [1.807, 2.05) is 17.8 Å². The molecular weight excluding hydrogens is 176 g/mol. The second-order valence-corrected chi connectivity index (χ2v) is 4.59. The molecule has 0 bridgehead atoms. The normalized spacial score (nSPS) is 33.2. The Bertz CT molecular complexity index is 321. The third-order valence-electron chi connectivity index (χ3n) is 3.21. The number of imidazole rings is 1. The van der Waals surface area contributed by atoms with E-state index in [0.717, 1.165) is 25.1 Å². The Morgan fingerprint density at radius 2 is 2.43 bits per heavy atom. The average Bonchev–Trinajstić information content (AvgIpc) is 2.51. The molecule has 0 aromatic carbocycles. The summed E-state index contributed by atoms with van der Waals surface area (Å²) in [7, 11) is 1.94. The fourth-order valence-electron chi connectivity index (χ4n) is 2.54. The highest BCUT2D eigenvalue weighted by Crippen LogP contribution is 2.38. The predicted molar refractivity (Wildman–Crippen MR) is 54.7 cm³/mol. The third kappa shape index (κ3) is 1.57. The first-order chi connectivity index (χ1) is 6.62. The Morgan fingerprint density at radius 1 is 1.64 bits per heavy atom. The number of rotatable bonds is 1. The number of hydrogen-bond acceptors (Lipinski definition) is 2. The Labute approximate surface area is 84.8 Å². The van der Waals surface area contributed by atoms with Gasteiger partial charge in [0.1, 0.15) is 11.4 Å². The first-order valence-electron chi connectivity index (χ1n) is 5.32. The minimum Gasteiger partial charge on any atom is -0.382 e. The van der Waals surface area contributed by atoms with Crippen LogP contribution < -0.4 is 0 Å². The molecule has 0 aliphatic heterocycles. The number of aryl methyl sites for hydroxylation is 1. The monoisotopic (exact) mass is 194 g/mol. The second kappa shape index (κ2) is 3.39. The van der Waals surface area contributed by atoms with Gasteiger partial charge in [-0.2, -0.15) is 0 Å². The molecule has 1 saturated carbocycles. The number of aliphatic hydroxyl groups is 1. The summed E-state index contributed by atoms with van der Waals surface area (Å²) in [5.41, 5.74) is -0.685. The molecule has 1 aliphatic carbocycles. The zero-order valence-electron chi connectivity index (χ0n) is 8.90. The molecule has 1 aliphatic rings. The zero-order chi connectivity index (χ0) is 10.2. The Morgan fingerprint density at radius 3 is 3.00 bits per heavy atom. The van der Waals surface area contributed by atoms with Crippen molar-refractivity contribution in [1.82, 2.24) is 9.55 Å². The van der Waals surface area contributed by atoms with Gasteiger partial charge in [-0.05, 0) is 25.2 Å². The van der Waals surface area contributed by atoms with Gasteiger partial charge >= 0.3 is 0 Å². The maximum absolute atomic E-state index is 10.5. The van der Waals surface area contributed by atoms with Crippen LogP contribution >= 0.6 is 0 Å². The van der Waals surface area contributed by atoms with E-state index in [1.165, 1.54) is 6.42 Å². The Kier molecular flexibility index (Phi) is 2.35. The van der Waals surface area contributed by atoms with Crippen LogP contribution in [0, 0.1) is 5.92 Å². The van der Waals surface area contributed by atoms with Crippen molar-refractivity contribution in [3.63, 3.8) is 0 Å². The van der Waals surface area contributed by atoms with Crippen LogP contribution in [-0.2, 0) is 12.6 Å². The van der Waals surface area contributed by atoms with Gasteiger partial charge in [0.25, 0.3) is 0 Å². The fraction of sp³-hybridized carbons (Fsp3) is 0.727. The van der Waals surface area contributed by atoms with Crippen molar-refractivity contribution in [1.29, 1.82) is 0 Å². The lowest BCUT2D eigenvalue weighted by Gasteiger charge is -2.34. The van der Waals surface area contributed by atoms with E-state index in [-0.39, 0.29) is 0 Å². The van der Waals surface area contributed by atoms with Gasteiger partial charge in [-0.3, -0.25) is 0 Å². The number of aromatic nitrogens is 2. The molecule has 2 unspecified atom stereocenters. The molecule has 1 aromatic rings. The first kappa shape index (κ1) is 9.71. The van der Waals surface area contributed by atoms with Crippen molar-refractivity contribution in [3.05, 3.63) is 18.2 Å². The topological polar surface area (TPSA) is 38.1 Å². The molecule has 1 heterocycles.